The molecule has 5 N–H and O–H groups in total. The van der Waals surface area contributed by atoms with Crippen molar-refractivity contribution in [3.63, 3.8) is 0 Å². The van der Waals surface area contributed by atoms with Crippen molar-refractivity contribution in [1.29, 1.82) is 0 Å². The van der Waals surface area contributed by atoms with E-state index in [0.717, 1.165) is 27.6 Å². The molecule has 1 fully saturated rings. The number of rotatable bonds is 9. The summed E-state index contributed by atoms with van der Waals surface area (Å²) in [5.41, 5.74) is 4.69. The molecule has 0 spiro atoms. The third kappa shape index (κ3) is 6.54. The number of aliphatic hydroxyl groups is 2. The number of hydrogen-bond acceptors (Lipinski definition) is 6. The molecule has 0 saturated carbocycles. The third-order valence-corrected chi connectivity index (χ3v) is 7.49. The lowest BCUT2D eigenvalue weighted by Gasteiger charge is -2.24. The SMILES string of the molecule is C[C@H](O)[C@@H]1ON(Cc2ccc(C#Cc3ccc(C(=O)O)cc3)cc2)[C@H](C(=O)NCCc2c[nH]c3ccccc23)[C@@H]1CO. The number of nitrogens with one attached hydrogen (secondary N) is 2. The summed E-state index contributed by atoms with van der Waals surface area (Å²) in [5, 5.41) is 35.2. The molecule has 9 nitrogen and oxygen atoms in total. The van der Waals surface area contributed by atoms with Crippen molar-refractivity contribution in [3.8, 4) is 11.8 Å². The summed E-state index contributed by atoms with van der Waals surface area (Å²) in [6.07, 6.45) is 0.984. The number of hydroxylamine groups is 2. The van der Waals surface area contributed by atoms with Crippen LogP contribution in [0.2, 0.25) is 0 Å². The van der Waals surface area contributed by atoms with E-state index in [-0.39, 0.29) is 24.6 Å². The Labute approximate surface area is 243 Å². The Kier molecular flexibility index (Phi) is 9.00. The number of carboxylic acid groups (broad SMARTS) is 1. The Morgan fingerprint density at radius 2 is 1.69 bits per heavy atom. The van der Waals surface area contributed by atoms with E-state index < -0.39 is 30.1 Å². The fourth-order valence-corrected chi connectivity index (χ4v) is 5.28. The molecule has 9 heteroatoms. The molecule has 4 aromatic rings. The molecule has 0 radical (unpaired) electrons. The van der Waals surface area contributed by atoms with E-state index in [4.69, 9.17) is 9.94 Å². The zero-order valence-electron chi connectivity index (χ0n) is 23.2. The van der Waals surface area contributed by atoms with Gasteiger partial charge in [-0.2, -0.15) is 5.06 Å². The number of benzene rings is 3. The molecule has 1 aliphatic heterocycles. The maximum atomic E-state index is 13.4. The number of aromatic nitrogens is 1. The molecule has 1 saturated heterocycles. The number of hydrogen-bond donors (Lipinski definition) is 5. The van der Waals surface area contributed by atoms with Gasteiger partial charge in [0.15, 0.2) is 0 Å². The van der Waals surface area contributed by atoms with Crippen molar-refractivity contribution in [1.82, 2.24) is 15.4 Å². The number of aromatic amines is 1. The molecule has 42 heavy (non-hydrogen) atoms. The minimum Gasteiger partial charge on any atom is -0.478 e. The van der Waals surface area contributed by atoms with Crippen LogP contribution in [0.1, 0.15) is 39.5 Å². The van der Waals surface area contributed by atoms with Gasteiger partial charge in [-0.25, -0.2) is 4.79 Å². The first-order valence-corrected chi connectivity index (χ1v) is 13.8. The summed E-state index contributed by atoms with van der Waals surface area (Å²) in [5.74, 6) is 4.24. The minimum absolute atomic E-state index is 0.205. The van der Waals surface area contributed by atoms with E-state index in [0.29, 0.717) is 18.5 Å². The first kappa shape index (κ1) is 29.0. The number of H-pyrrole nitrogens is 1. The van der Waals surface area contributed by atoms with Gasteiger partial charge in [0.2, 0.25) is 5.91 Å². The molecule has 3 aromatic carbocycles. The fraction of sp³-hybridized carbons (Fsp3) is 0.273. The normalized spacial score (nSPS) is 19.3. The van der Waals surface area contributed by atoms with Crippen LogP contribution in [0.3, 0.4) is 0 Å². The predicted molar refractivity (Wildman–Crippen MR) is 157 cm³/mol. The second-order valence-electron chi connectivity index (χ2n) is 10.4. The largest absolute Gasteiger partial charge is 0.478 e. The van der Waals surface area contributed by atoms with Crippen molar-refractivity contribution in [3.05, 3.63) is 107 Å². The van der Waals surface area contributed by atoms with Crippen LogP contribution in [0.25, 0.3) is 10.9 Å². The number of carboxylic acids is 1. The Morgan fingerprint density at radius 1 is 1.02 bits per heavy atom. The van der Waals surface area contributed by atoms with Crippen LogP contribution in [0.15, 0.2) is 79.0 Å². The maximum Gasteiger partial charge on any atom is 0.335 e. The van der Waals surface area contributed by atoms with Crippen molar-refractivity contribution < 1.29 is 29.7 Å². The average Bonchev–Trinajstić information content (AvgIpc) is 3.58. The van der Waals surface area contributed by atoms with Gasteiger partial charge in [-0.1, -0.05) is 42.2 Å². The Morgan fingerprint density at radius 3 is 2.33 bits per heavy atom. The monoisotopic (exact) mass is 567 g/mol. The lowest BCUT2D eigenvalue weighted by molar-refractivity contribution is -0.192. The smallest absolute Gasteiger partial charge is 0.335 e. The highest BCUT2D eigenvalue weighted by Gasteiger charge is 2.48. The molecule has 2 heterocycles. The number of carbonyl (C=O) groups is 2. The van der Waals surface area contributed by atoms with Crippen LogP contribution in [-0.2, 0) is 22.6 Å². The van der Waals surface area contributed by atoms with Crippen molar-refractivity contribution >= 4 is 22.8 Å². The van der Waals surface area contributed by atoms with Crippen LogP contribution in [0, 0.1) is 17.8 Å². The minimum atomic E-state index is -0.984. The van der Waals surface area contributed by atoms with Crippen molar-refractivity contribution in [2.45, 2.75) is 38.1 Å². The molecule has 4 atom stereocenters. The first-order valence-electron chi connectivity index (χ1n) is 13.8. The van der Waals surface area contributed by atoms with Gasteiger partial charge in [0.25, 0.3) is 0 Å². The number of para-hydroxylation sites is 1. The number of carbonyl (C=O) groups excluding carboxylic acids is 1. The van der Waals surface area contributed by atoms with Gasteiger partial charge in [-0.05, 0) is 66.9 Å². The highest BCUT2D eigenvalue weighted by molar-refractivity contribution is 5.87. The number of nitrogens with zero attached hydrogens (tertiary/aromatic N) is 1. The second kappa shape index (κ2) is 13.0. The van der Waals surface area contributed by atoms with Gasteiger partial charge in [0.1, 0.15) is 12.1 Å². The highest BCUT2D eigenvalue weighted by Crippen LogP contribution is 2.31. The van der Waals surface area contributed by atoms with Gasteiger partial charge in [-0.3, -0.25) is 9.63 Å². The molecular weight excluding hydrogens is 534 g/mol. The van der Waals surface area contributed by atoms with E-state index in [9.17, 15) is 19.8 Å². The lowest BCUT2D eigenvalue weighted by Crippen LogP contribution is -2.48. The number of amides is 1. The van der Waals surface area contributed by atoms with Gasteiger partial charge < -0.3 is 25.6 Å². The van der Waals surface area contributed by atoms with E-state index in [1.807, 2.05) is 54.7 Å². The molecule has 0 bridgehead atoms. The van der Waals surface area contributed by atoms with E-state index >= 15 is 0 Å². The molecule has 1 aliphatic rings. The Balaban J connectivity index is 1.25. The zero-order chi connectivity index (χ0) is 29.6. The van der Waals surface area contributed by atoms with Crippen molar-refractivity contribution in [2.24, 2.45) is 5.92 Å². The second-order valence-corrected chi connectivity index (χ2v) is 10.4. The summed E-state index contributed by atoms with van der Waals surface area (Å²) < 4.78 is 0. The van der Waals surface area contributed by atoms with Crippen LogP contribution in [0.4, 0.5) is 0 Å². The van der Waals surface area contributed by atoms with Gasteiger partial charge in [0.05, 0.1) is 24.8 Å². The zero-order valence-corrected chi connectivity index (χ0v) is 23.2. The van der Waals surface area contributed by atoms with Gasteiger partial charge in [-0.15, -0.1) is 0 Å². The van der Waals surface area contributed by atoms with Gasteiger partial charge >= 0.3 is 5.97 Å². The third-order valence-electron chi connectivity index (χ3n) is 7.49. The molecule has 0 unspecified atom stereocenters. The first-order chi connectivity index (χ1) is 20.3. The average molecular weight is 568 g/mol. The van der Waals surface area contributed by atoms with E-state index in [2.05, 4.69) is 22.1 Å². The summed E-state index contributed by atoms with van der Waals surface area (Å²) in [6.45, 7) is 1.96. The Hall–Kier alpha value is -4.46. The molecule has 216 valence electrons. The fourth-order valence-electron chi connectivity index (χ4n) is 5.28. The quantitative estimate of drug-likeness (QED) is 0.196. The highest BCUT2D eigenvalue weighted by atomic mass is 16.7. The number of aliphatic hydroxyl groups excluding tert-OH is 2. The van der Waals surface area contributed by atoms with Crippen LogP contribution < -0.4 is 5.32 Å². The van der Waals surface area contributed by atoms with Crippen molar-refractivity contribution in [2.75, 3.05) is 13.2 Å². The predicted octanol–water partition coefficient (Wildman–Crippen LogP) is 3.10. The van der Waals surface area contributed by atoms with Crippen LogP contribution in [-0.4, -0.2) is 68.6 Å². The standard InChI is InChI=1S/C33H33N3O6/c1-21(38)31-28(20-37)30(32(39)34-17-16-26-18-35-29-5-3-2-4-27(26)29)36(42-31)19-24-10-8-22(9-11-24)6-7-23-12-14-25(15-13-23)33(40)41/h2-5,8-15,18,21,28,30-31,35,37-38H,16-17,19-20H2,1H3,(H,34,39)(H,40,41)/t21-,28-,30-,31-/m0/s1. The van der Waals surface area contributed by atoms with E-state index in [1.165, 1.54) is 12.1 Å². The van der Waals surface area contributed by atoms with Crippen LogP contribution in [0.5, 0.6) is 0 Å². The molecule has 1 aromatic heterocycles. The lowest BCUT2D eigenvalue weighted by atomic mass is 9.92. The summed E-state index contributed by atoms with van der Waals surface area (Å²) in [6, 6.07) is 21.1. The summed E-state index contributed by atoms with van der Waals surface area (Å²) in [7, 11) is 0. The molecular formula is C33H33N3O6. The Bertz CT molecular complexity index is 1600. The van der Waals surface area contributed by atoms with Gasteiger partial charge in [0, 0.05) is 40.7 Å². The summed E-state index contributed by atoms with van der Waals surface area (Å²) in [4.78, 5) is 33.7. The maximum absolute atomic E-state index is 13.4. The number of aromatic carboxylic acids is 1. The molecule has 1 amide bonds. The topological polar surface area (TPSA) is 135 Å². The van der Waals surface area contributed by atoms with E-state index in [1.54, 1.807) is 24.1 Å². The summed E-state index contributed by atoms with van der Waals surface area (Å²) >= 11 is 0. The van der Waals surface area contributed by atoms with Crippen LogP contribution >= 0.6 is 0 Å². The molecule has 5 rings (SSSR count). The number of fused-ring (bicyclic) bond motifs is 1. The molecule has 0 aliphatic carbocycles.